The summed E-state index contributed by atoms with van der Waals surface area (Å²) in [5.74, 6) is 0.147. The summed E-state index contributed by atoms with van der Waals surface area (Å²) in [6.45, 7) is 5.51. The van der Waals surface area contributed by atoms with Crippen molar-refractivity contribution in [3.63, 3.8) is 0 Å². The lowest BCUT2D eigenvalue weighted by molar-refractivity contribution is -0.174. The van der Waals surface area contributed by atoms with Crippen molar-refractivity contribution in [1.29, 1.82) is 0 Å². The number of carbonyl (C=O) groups excluding carboxylic acids is 2. The summed E-state index contributed by atoms with van der Waals surface area (Å²) in [4.78, 5) is 27.4. The van der Waals surface area contributed by atoms with Gasteiger partial charge in [0.05, 0.1) is 18.7 Å². The van der Waals surface area contributed by atoms with E-state index in [1.807, 2.05) is 35.2 Å². The summed E-state index contributed by atoms with van der Waals surface area (Å²) in [7, 11) is 0. The Morgan fingerprint density at radius 3 is 2.60 bits per heavy atom. The van der Waals surface area contributed by atoms with E-state index in [1.54, 1.807) is 0 Å². The van der Waals surface area contributed by atoms with Gasteiger partial charge in [-0.25, -0.2) is 0 Å². The van der Waals surface area contributed by atoms with E-state index in [9.17, 15) is 9.59 Å². The number of piperidine rings is 1. The monoisotopic (exact) mass is 345 g/mol. The van der Waals surface area contributed by atoms with Crippen LogP contribution < -0.4 is 5.73 Å². The van der Waals surface area contributed by atoms with Crippen LogP contribution in [0.4, 0.5) is 0 Å². The molecule has 1 aromatic rings. The predicted octanol–water partition coefficient (Wildman–Crippen LogP) is 1.00. The van der Waals surface area contributed by atoms with Gasteiger partial charge in [-0.1, -0.05) is 30.3 Å². The number of hydrogen-bond acceptors (Lipinski definition) is 4. The summed E-state index contributed by atoms with van der Waals surface area (Å²) in [6, 6.07) is 10.1. The van der Waals surface area contributed by atoms with Gasteiger partial charge in [0, 0.05) is 6.54 Å². The molecule has 0 radical (unpaired) electrons. The maximum atomic E-state index is 12.3. The molecule has 2 amide bonds. The number of benzene rings is 1. The summed E-state index contributed by atoms with van der Waals surface area (Å²) < 4.78 is 6.00. The molecule has 2 fully saturated rings. The minimum Gasteiger partial charge on any atom is -0.369 e. The Kier molecular flexibility index (Phi) is 5.39. The van der Waals surface area contributed by atoms with Crippen LogP contribution in [-0.2, 0) is 20.9 Å². The minimum atomic E-state index is -0.332. The molecule has 2 N–H and O–H groups in total. The van der Waals surface area contributed by atoms with Crippen LogP contribution in [-0.4, -0.2) is 60.0 Å². The maximum Gasteiger partial charge on any atom is 0.248 e. The first-order valence-corrected chi connectivity index (χ1v) is 8.92. The van der Waals surface area contributed by atoms with Gasteiger partial charge in [-0.15, -0.1) is 0 Å². The third-order valence-electron chi connectivity index (χ3n) is 5.43. The fraction of sp³-hybridized carbons (Fsp3) is 0.579. The number of likely N-dealkylation sites (tertiary alicyclic amines) is 1. The van der Waals surface area contributed by atoms with E-state index >= 15 is 0 Å². The number of rotatable bonds is 5. The highest BCUT2D eigenvalue weighted by Gasteiger charge is 2.43. The smallest absolute Gasteiger partial charge is 0.248 e. The van der Waals surface area contributed by atoms with Gasteiger partial charge >= 0.3 is 0 Å². The van der Waals surface area contributed by atoms with Crippen LogP contribution in [0.3, 0.4) is 0 Å². The van der Waals surface area contributed by atoms with Crippen LogP contribution in [0.15, 0.2) is 30.3 Å². The Morgan fingerprint density at radius 2 is 1.96 bits per heavy atom. The van der Waals surface area contributed by atoms with Crippen LogP contribution >= 0.6 is 0 Å². The molecular weight excluding hydrogens is 318 g/mol. The second-order valence-corrected chi connectivity index (χ2v) is 7.35. The Morgan fingerprint density at radius 1 is 1.28 bits per heavy atom. The van der Waals surface area contributed by atoms with Crippen LogP contribution in [0, 0.1) is 5.92 Å². The lowest BCUT2D eigenvalue weighted by Crippen LogP contribution is -2.58. The van der Waals surface area contributed by atoms with Gasteiger partial charge in [-0.3, -0.25) is 14.5 Å². The Bertz CT molecular complexity index is 614. The highest BCUT2D eigenvalue weighted by Crippen LogP contribution is 2.34. The van der Waals surface area contributed by atoms with E-state index in [0.717, 1.165) is 31.5 Å². The van der Waals surface area contributed by atoms with Crippen LogP contribution in [0.5, 0.6) is 0 Å². The molecule has 0 spiro atoms. The molecule has 0 saturated carbocycles. The molecule has 25 heavy (non-hydrogen) atoms. The van der Waals surface area contributed by atoms with Crippen molar-refractivity contribution in [2.24, 2.45) is 11.7 Å². The van der Waals surface area contributed by atoms with Gasteiger partial charge in [-0.2, -0.15) is 0 Å². The van der Waals surface area contributed by atoms with Crippen molar-refractivity contribution >= 4 is 11.8 Å². The third-order valence-corrected chi connectivity index (χ3v) is 5.43. The molecule has 6 nitrogen and oxygen atoms in total. The molecule has 1 atom stereocenters. The van der Waals surface area contributed by atoms with Gasteiger partial charge < -0.3 is 15.4 Å². The number of amides is 2. The number of hydrogen-bond donors (Lipinski definition) is 1. The van der Waals surface area contributed by atoms with Crippen molar-refractivity contribution in [1.82, 2.24) is 9.80 Å². The first-order chi connectivity index (χ1) is 12.0. The van der Waals surface area contributed by atoms with Crippen LogP contribution in [0.25, 0.3) is 0 Å². The van der Waals surface area contributed by atoms with Gasteiger partial charge in [0.1, 0.15) is 6.61 Å². The maximum absolute atomic E-state index is 12.3. The number of nitrogens with zero attached hydrogens (tertiary/aromatic N) is 2. The highest BCUT2D eigenvalue weighted by atomic mass is 16.5. The molecule has 136 valence electrons. The summed E-state index contributed by atoms with van der Waals surface area (Å²) in [5, 5.41) is 0. The number of ether oxygens (including phenoxy) is 1. The quantitative estimate of drug-likeness (QED) is 0.864. The van der Waals surface area contributed by atoms with Gasteiger partial charge in [0.15, 0.2) is 0 Å². The molecule has 2 aliphatic rings. The summed E-state index contributed by atoms with van der Waals surface area (Å²) >= 11 is 0. The molecular formula is C19H27N3O3. The molecule has 2 saturated heterocycles. The van der Waals surface area contributed by atoms with Crippen molar-refractivity contribution in [2.45, 2.75) is 31.9 Å². The van der Waals surface area contributed by atoms with E-state index in [4.69, 9.17) is 10.5 Å². The van der Waals surface area contributed by atoms with E-state index in [1.165, 1.54) is 0 Å². The van der Waals surface area contributed by atoms with Crippen LogP contribution in [0.1, 0.15) is 25.3 Å². The lowest BCUT2D eigenvalue weighted by atomic mass is 9.80. The van der Waals surface area contributed by atoms with Gasteiger partial charge in [0.25, 0.3) is 0 Å². The fourth-order valence-corrected chi connectivity index (χ4v) is 3.95. The third kappa shape index (κ3) is 4.38. The molecule has 0 aromatic heterocycles. The number of nitrogens with two attached hydrogens (primary N) is 1. The van der Waals surface area contributed by atoms with Gasteiger partial charge in [-0.05, 0) is 44.3 Å². The predicted molar refractivity (Wildman–Crippen MR) is 94.6 cm³/mol. The first-order valence-electron chi connectivity index (χ1n) is 8.92. The van der Waals surface area contributed by atoms with Crippen molar-refractivity contribution in [3.05, 3.63) is 35.9 Å². The van der Waals surface area contributed by atoms with Crippen molar-refractivity contribution in [2.75, 3.05) is 32.8 Å². The number of primary amides is 1. The second-order valence-electron chi connectivity index (χ2n) is 7.35. The molecule has 0 unspecified atom stereocenters. The highest BCUT2D eigenvalue weighted by molar-refractivity contribution is 5.78. The average molecular weight is 345 g/mol. The Hall–Kier alpha value is -1.92. The molecule has 3 rings (SSSR count). The van der Waals surface area contributed by atoms with E-state index in [2.05, 4.69) is 11.8 Å². The lowest BCUT2D eigenvalue weighted by Gasteiger charge is -2.47. The number of carbonyl (C=O) groups is 2. The zero-order valence-electron chi connectivity index (χ0n) is 14.8. The zero-order valence-corrected chi connectivity index (χ0v) is 14.8. The van der Waals surface area contributed by atoms with Crippen molar-refractivity contribution < 1.29 is 14.3 Å². The van der Waals surface area contributed by atoms with E-state index < -0.39 is 0 Å². The molecule has 0 bridgehead atoms. The SMILES string of the molecule is C[C@@]1(C2CCN(CC(N)=O)CC2)CN(Cc2ccccc2)C(=O)CO1. The van der Waals surface area contributed by atoms with Crippen LogP contribution in [0.2, 0.25) is 0 Å². The molecule has 2 heterocycles. The summed E-state index contributed by atoms with van der Waals surface area (Å²) in [5.41, 5.74) is 6.09. The van der Waals surface area contributed by atoms with Gasteiger partial charge in [0.2, 0.25) is 11.8 Å². The molecule has 1 aromatic carbocycles. The molecule has 6 heteroatoms. The zero-order chi connectivity index (χ0) is 17.9. The second kappa shape index (κ2) is 7.54. The average Bonchev–Trinajstić information content (AvgIpc) is 2.59. The van der Waals surface area contributed by atoms with Crippen molar-refractivity contribution in [3.8, 4) is 0 Å². The molecule has 0 aliphatic carbocycles. The topological polar surface area (TPSA) is 75.9 Å². The Labute approximate surface area is 148 Å². The van der Waals surface area contributed by atoms with E-state index in [-0.39, 0.29) is 24.0 Å². The Balaban J connectivity index is 1.61. The summed E-state index contributed by atoms with van der Waals surface area (Å²) in [6.07, 6.45) is 1.91. The normalized spacial score (nSPS) is 26.0. The minimum absolute atomic E-state index is 0.0486. The van der Waals surface area contributed by atoms with E-state index in [0.29, 0.717) is 25.6 Å². The standard InChI is InChI=1S/C19H27N3O3/c1-19(16-7-9-21(10-8-16)12-17(20)23)14-22(18(24)13-25-19)11-15-5-3-2-4-6-15/h2-6,16H,7-14H2,1H3,(H2,20,23)/t19-/m0/s1. The fourth-order valence-electron chi connectivity index (χ4n) is 3.95. The largest absolute Gasteiger partial charge is 0.369 e. The molecule has 2 aliphatic heterocycles. The first kappa shape index (κ1) is 17.9. The number of morpholine rings is 1.